The van der Waals surface area contributed by atoms with Crippen molar-refractivity contribution in [3.8, 4) is 39.1 Å². The van der Waals surface area contributed by atoms with Gasteiger partial charge in [0.05, 0.1) is 12.8 Å². The molecular weight excluding hydrogens is 474 g/mol. The quantitative estimate of drug-likeness (QED) is 0.215. The van der Waals surface area contributed by atoms with Gasteiger partial charge in [-0.2, -0.15) is 0 Å². The maximum absolute atomic E-state index is 5.46. The summed E-state index contributed by atoms with van der Waals surface area (Å²) in [6.07, 6.45) is 0. The molecule has 0 fully saturated rings. The van der Waals surface area contributed by atoms with Crippen molar-refractivity contribution in [3.05, 3.63) is 158 Å². The Hall–Kier alpha value is -5.08. The molecular formula is C37H29NO. The third-order valence-corrected chi connectivity index (χ3v) is 6.99. The molecule has 6 rings (SSSR count). The van der Waals surface area contributed by atoms with Gasteiger partial charge in [0.25, 0.3) is 0 Å². The number of nitrogens with zero attached hydrogens (tertiary/aromatic N) is 1. The van der Waals surface area contributed by atoms with Crippen LogP contribution in [0.3, 0.4) is 0 Å². The first-order chi connectivity index (χ1) is 19.3. The van der Waals surface area contributed by atoms with Crippen LogP contribution < -0.4 is 9.64 Å². The lowest BCUT2D eigenvalue weighted by Gasteiger charge is -2.28. The van der Waals surface area contributed by atoms with Gasteiger partial charge in [0.1, 0.15) is 5.75 Å². The Morgan fingerprint density at radius 2 is 0.846 bits per heavy atom. The maximum atomic E-state index is 5.46. The Bertz CT molecular complexity index is 1640. The summed E-state index contributed by atoms with van der Waals surface area (Å²) < 4.78 is 5.46. The van der Waals surface area contributed by atoms with Crippen LogP contribution in [0.25, 0.3) is 33.4 Å². The van der Waals surface area contributed by atoms with E-state index in [1.165, 1.54) is 33.4 Å². The van der Waals surface area contributed by atoms with Gasteiger partial charge in [-0.15, -0.1) is 0 Å². The van der Waals surface area contributed by atoms with E-state index in [0.29, 0.717) is 0 Å². The zero-order chi connectivity index (χ0) is 26.4. The molecule has 0 spiro atoms. The van der Waals surface area contributed by atoms with Gasteiger partial charge < -0.3 is 9.64 Å². The SMILES string of the molecule is COc1ccc(N(c2ccc(-c3ccccc3)cc2)c2ccc(-c3ccccc3)cc2-c2ccccc2)cc1. The topological polar surface area (TPSA) is 12.5 Å². The molecule has 39 heavy (non-hydrogen) atoms. The van der Waals surface area contributed by atoms with Crippen LogP contribution in [0.15, 0.2) is 158 Å². The average molecular weight is 504 g/mol. The average Bonchev–Trinajstić information content (AvgIpc) is 3.03. The predicted molar refractivity (Wildman–Crippen MR) is 164 cm³/mol. The molecule has 0 bridgehead atoms. The minimum atomic E-state index is 0.834. The minimum absolute atomic E-state index is 0.834. The van der Waals surface area contributed by atoms with Crippen LogP contribution in [-0.4, -0.2) is 7.11 Å². The van der Waals surface area contributed by atoms with Crippen molar-refractivity contribution in [1.29, 1.82) is 0 Å². The second-order valence-corrected chi connectivity index (χ2v) is 9.41. The van der Waals surface area contributed by atoms with E-state index >= 15 is 0 Å². The van der Waals surface area contributed by atoms with E-state index in [4.69, 9.17) is 4.74 Å². The normalized spacial score (nSPS) is 10.7. The summed E-state index contributed by atoms with van der Waals surface area (Å²) in [5.74, 6) is 0.834. The molecule has 0 saturated heterocycles. The van der Waals surface area contributed by atoms with E-state index in [1.807, 2.05) is 18.2 Å². The summed E-state index contributed by atoms with van der Waals surface area (Å²) in [4.78, 5) is 2.32. The second-order valence-electron chi connectivity index (χ2n) is 9.41. The number of hydrogen-bond acceptors (Lipinski definition) is 2. The first-order valence-electron chi connectivity index (χ1n) is 13.1. The molecule has 0 unspecified atom stereocenters. The van der Waals surface area contributed by atoms with Crippen LogP contribution in [0.1, 0.15) is 0 Å². The number of methoxy groups -OCH3 is 1. The van der Waals surface area contributed by atoms with Crippen molar-refractivity contribution in [3.63, 3.8) is 0 Å². The molecule has 0 aliphatic heterocycles. The minimum Gasteiger partial charge on any atom is -0.497 e. The number of ether oxygens (including phenoxy) is 1. The van der Waals surface area contributed by atoms with Gasteiger partial charge in [0.15, 0.2) is 0 Å². The van der Waals surface area contributed by atoms with Crippen LogP contribution in [-0.2, 0) is 0 Å². The van der Waals surface area contributed by atoms with Gasteiger partial charge in [-0.3, -0.25) is 0 Å². The molecule has 2 heteroatoms. The van der Waals surface area contributed by atoms with E-state index in [1.54, 1.807) is 7.11 Å². The fourth-order valence-electron chi connectivity index (χ4n) is 4.98. The molecule has 0 radical (unpaired) electrons. The summed E-state index contributed by atoms with van der Waals surface area (Å²) in [7, 11) is 1.70. The van der Waals surface area contributed by atoms with Crippen molar-refractivity contribution in [2.45, 2.75) is 0 Å². The predicted octanol–water partition coefficient (Wildman–Crippen LogP) is 10.2. The molecule has 0 amide bonds. The monoisotopic (exact) mass is 503 g/mol. The van der Waals surface area contributed by atoms with Gasteiger partial charge in [-0.1, -0.05) is 109 Å². The highest BCUT2D eigenvalue weighted by Crippen LogP contribution is 2.43. The number of rotatable bonds is 7. The zero-order valence-electron chi connectivity index (χ0n) is 21.9. The van der Waals surface area contributed by atoms with Crippen molar-refractivity contribution < 1.29 is 4.74 Å². The number of anilines is 3. The van der Waals surface area contributed by atoms with Crippen molar-refractivity contribution in [1.82, 2.24) is 0 Å². The fraction of sp³-hybridized carbons (Fsp3) is 0.0270. The standard InChI is InChI=1S/C37H29NO/c1-39-35-24-22-34(23-25-35)38(33-20-17-30(18-21-33)28-11-5-2-6-12-28)37-26-19-32(29-13-7-3-8-14-29)27-36(37)31-15-9-4-10-16-31/h2-27H,1H3. The summed E-state index contributed by atoms with van der Waals surface area (Å²) in [6, 6.07) is 55.5. The third-order valence-electron chi connectivity index (χ3n) is 6.99. The van der Waals surface area contributed by atoms with Crippen molar-refractivity contribution in [2.24, 2.45) is 0 Å². The highest BCUT2D eigenvalue weighted by atomic mass is 16.5. The van der Waals surface area contributed by atoms with Crippen LogP contribution in [0.5, 0.6) is 5.75 Å². The van der Waals surface area contributed by atoms with E-state index < -0.39 is 0 Å². The van der Waals surface area contributed by atoms with Gasteiger partial charge in [-0.25, -0.2) is 0 Å². The van der Waals surface area contributed by atoms with Crippen LogP contribution in [0, 0.1) is 0 Å². The van der Waals surface area contributed by atoms with Crippen molar-refractivity contribution >= 4 is 17.1 Å². The Morgan fingerprint density at radius 1 is 0.410 bits per heavy atom. The Labute approximate surface area is 230 Å². The Morgan fingerprint density at radius 3 is 1.38 bits per heavy atom. The van der Waals surface area contributed by atoms with Gasteiger partial charge in [0, 0.05) is 16.9 Å². The lowest BCUT2D eigenvalue weighted by Crippen LogP contribution is -2.11. The number of hydrogen-bond donors (Lipinski definition) is 0. The second kappa shape index (κ2) is 11.1. The van der Waals surface area contributed by atoms with E-state index in [0.717, 1.165) is 22.8 Å². The first kappa shape index (κ1) is 24.3. The van der Waals surface area contributed by atoms with Gasteiger partial charge in [0.2, 0.25) is 0 Å². The molecule has 0 aliphatic rings. The maximum Gasteiger partial charge on any atom is 0.119 e. The largest absolute Gasteiger partial charge is 0.497 e. The summed E-state index contributed by atoms with van der Waals surface area (Å²) in [6.45, 7) is 0. The van der Waals surface area contributed by atoms with E-state index in [2.05, 4.69) is 144 Å². The molecule has 0 saturated carbocycles. The van der Waals surface area contributed by atoms with Crippen molar-refractivity contribution in [2.75, 3.05) is 12.0 Å². The molecule has 188 valence electrons. The molecule has 0 N–H and O–H groups in total. The molecule has 0 heterocycles. The molecule has 0 aliphatic carbocycles. The Balaban J connectivity index is 1.53. The summed E-state index contributed by atoms with van der Waals surface area (Å²) in [5.41, 5.74) is 10.4. The molecule has 2 nitrogen and oxygen atoms in total. The van der Waals surface area contributed by atoms with Crippen LogP contribution in [0.4, 0.5) is 17.1 Å². The fourth-order valence-corrected chi connectivity index (χ4v) is 4.98. The van der Waals surface area contributed by atoms with Gasteiger partial charge >= 0.3 is 0 Å². The first-order valence-corrected chi connectivity index (χ1v) is 13.1. The smallest absolute Gasteiger partial charge is 0.119 e. The Kier molecular flexibility index (Phi) is 6.92. The summed E-state index contributed by atoms with van der Waals surface area (Å²) in [5, 5.41) is 0. The molecule has 6 aromatic rings. The molecule has 0 atom stereocenters. The lowest BCUT2D eigenvalue weighted by molar-refractivity contribution is 0.415. The highest BCUT2D eigenvalue weighted by Gasteiger charge is 2.18. The van der Waals surface area contributed by atoms with Crippen LogP contribution in [0.2, 0.25) is 0 Å². The highest BCUT2D eigenvalue weighted by molar-refractivity contribution is 5.91. The van der Waals surface area contributed by atoms with E-state index in [-0.39, 0.29) is 0 Å². The van der Waals surface area contributed by atoms with E-state index in [9.17, 15) is 0 Å². The number of benzene rings is 6. The zero-order valence-corrected chi connectivity index (χ0v) is 21.9. The molecule has 6 aromatic carbocycles. The van der Waals surface area contributed by atoms with Crippen LogP contribution >= 0.6 is 0 Å². The third kappa shape index (κ3) is 5.18. The van der Waals surface area contributed by atoms with Gasteiger partial charge in [-0.05, 0) is 76.3 Å². The lowest BCUT2D eigenvalue weighted by atomic mass is 9.96. The summed E-state index contributed by atoms with van der Waals surface area (Å²) >= 11 is 0. The molecule has 0 aromatic heterocycles.